The van der Waals surface area contributed by atoms with Crippen molar-refractivity contribution >= 4 is 5.91 Å². The summed E-state index contributed by atoms with van der Waals surface area (Å²) in [6, 6.07) is 0. The van der Waals surface area contributed by atoms with E-state index in [-0.39, 0.29) is 5.91 Å². The van der Waals surface area contributed by atoms with Crippen molar-refractivity contribution in [2.45, 2.75) is 20.3 Å². The summed E-state index contributed by atoms with van der Waals surface area (Å²) in [5.41, 5.74) is 0. The van der Waals surface area contributed by atoms with Crippen LogP contribution in [0.2, 0.25) is 0 Å². The second kappa shape index (κ2) is 5.03. The molecule has 0 aliphatic heterocycles. The molecule has 0 radical (unpaired) electrons. The molecule has 0 aliphatic rings. The Hall–Kier alpha value is -0.790. The average Bonchev–Trinajstić information content (AvgIpc) is 1.88. The van der Waals surface area contributed by atoms with Crippen molar-refractivity contribution in [3.05, 3.63) is 12.2 Å². The van der Waals surface area contributed by atoms with Crippen LogP contribution in [-0.2, 0) is 4.79 Å². The number of carbonyl (C=O) groups is 1. The topological polar surface area (TPSA) is 20.3 Å². The number of amides is 1. The van der Waals surface area contributed by atoms with Crippen molar-refractivity contribution in [2.75, 3.05) is 13.6 Å². The zero-order chi connectivity index (χ0) is 7.98. The zero-order valence-electron chi connectivity index (χ0n) is 6.92. The van der Waals surface area contributed by atoms with Crippen molar-refractivity contribution in [3.63, 3.8) is 0 Å². The van der Waals surface area contributed by atoms with Gasteiger partial charge in [0.15, 0.2) is 0 Å². The molecule has 58 valence electrons. The van der Waals surface area contributed by atoms with Crippen LogP contribution >= 0.6 is 0 Å². The molecule has 0 atom stereocenters. The fourth-order valence-electron chi connectivity index (χ4n) is 0.528. The van der Waals surface area contributed by atoms with E-state index in [0.717, 1.165) is 13.0 Å². The van der Waals surface area contributed by atoms with Gasteiger partial charge in [-0.2, -0.15) is 0 Å². The Bertz CT molecular complexity index is 129. The lowest BCUT2D eigenvalue weighted by molar-refractivity contribution is -0.127. The van der Waals surface area contributed by atoms with Crippen LogP contribution in [0.25, 0.3) is 0 Å². The van der Waals surface area contributed by atoms with Crippen LogP contribution in [0.15, 0.2) is 12.2 Å². The van der Waals surface area contributed by atoms with Gasteiger partial charge in [-0.25, -0.2) is 0 Å². The van der Waals surface area contributed by atoms with Gasteiger partial charge in [-0.05, 0) is 6.42 Å². The third-order valence-corrected chi connectivity index (χ3v) is 1.32. The van der Waals surface area contributed by atoms with E-state index in [4.69, 9.17) is 0 Å². The summed E-state index contributed by atoms with van der Waals surface area (Å²) in [7, 11) is 1.79. The molecule has 0 N–H and O–H groups in total. The van der Waals surface area contributed by atoms with Crippen LogP contribution in [0.3, 0.4) is 0 Å². The minimum absolute atomic E-state index is 0.112. The Morgan fingerprint density at radius 1 is 1.50 bits per heavy atom. The Kier molecular flexibility index (Phi) is 4.63. The maximum absolute atomic E-state index is 10.6. The first kappa shape index (κ1) is 9.21. The van der Waals surface area contributed by atoms with Crippen LogP contribution in [0.4, 0.5) is 0 Å². The van der Waals surface area contributed by atoms with Gasteiger partial charge in [0, 0.05) is 20.5 Å². The first-order valence-electron chi connectivity index (χ1n) is 3.55. The number of hydrogen-bond donors (Lipinski definition) is 0. The number of likely N-dealkylation sites (N-methyl/N-ethyl adjacent to an activating group) is 1. The maximum atomic E-state index is 10.6. The van der Waals surface area contributed by atoms with Gasteiger partial charge in [0.25, 0.3) is 0 Å². The predicted molar refractivity (Wildman–Crippen MR) is 42.7 cm³/mol. The van der Waals surface area contributed by atoms with Crippen molar-refractivity contribution in [3.8, 4) is 0 Å². The number of carbonyl (C=O) groups excluding carboxylic acids is 1. The minimum Gasteiger partial charge on any atom is -0.342 e. The van der Waals surface area contributed by atoms with Gasteiger partial charge in [0.05, 0.1) is 0 Å². The monoisotopic (exact) mass is 141 g/mol. The molecular weight excluding hydrogens is 126 g/mol. The van der Waals surface area contributed by atoms with E-state index in [1.807, 2.05) is 6.08 Å². The summed E-state index contributed by atoms with van der Waals surface area (Å²) in [6.07, 6.45) is 5.09. The minimum atomic E-state index is 0.112. The lowest BCUT2D eigenvalue weighted by Gasteiger charge is -2.10. The number of rotatable bonds is 3. The molecule has 0 bridgehead atoms. The highest BCUT2D eigenvalue weighted by Crippen LogP contribution is 1.85. The summed E-state index contributed by atoms with van der Waals surface area (Å²) in [5, 5.41) is 0. The molecule has 0 fully saturated rings. The van der Waals surface area contributed by atoms with Crippen LogP contribution in [0, 0.1) is 0 Å². The van der Waals surface area contributed by atoms with E-state index < -0.39 is 0 Å². The first-order chi connectivity index (χ1) is 4.68. The predicted octanol–water partition coefficient (Wildman–Crippen LogP) is 1.43. The van der Waals surface area contributed by atoms with Crippen molar-refractivity contribution in [1.82, 2.24) is 4.90 Å². The fraction of sp³-hybridized carbons (Fsp3) is 0.625. The lowest BCUT2D eigenvalue weighted by atomic mass is 10.4. The van der Waals surface area contributed by atoms with Crippen LogP contribution in [0.1, 0.15) is 20.3 Å². The molecule has 2 nitrogen and oxygen atoms in total. The molecule has 10 heavy (non-hydrogen) atoms. The van der Waals surface area contributed by atoms with Gasteiger partial charge in [-0.15, -0.1) is 0 Å². The number of nitrogens with zero attached hydrogens (tertiary/aromatic N) is 1. The second-order valence-electron chi connectivity index (χ2n) is 2.28. The zero-order valence-corrected chi connectivity index (χ0v) is 6.92. The molecule has 0 aromatic carbocycles. The standard InChI is InChI=1S/C8H15NO/c1-4-5-6-7-9(3)8(2)10/h5-6H,4,7H2,1-3H3/b6-5-. The smallest absolute Gasteiger partial charge is 0.219 e. The Balaban J connectivity index is 3.48. The van der Waals surface area contributed by atoms with E-state index in [1.54, 1.807) is 18.9 Å². The Morgan fingerprint density at radius 3 is 2.50 bits per heavy atom. The highest BCUT2D eigenvalue weighted by atomic mass is 16.2. The molecule has 0 spiro atoms. The third kappa shape index (κ3) is 4.13. The van der Waals surface area contributed by atoms with Gasteiger partial charge >= 0.3 is 0 Å². The van der Waals surface area contributed by atoms with Gasteiger partial charge in [-0.1, -0.05) is 19.1 Å². The van der Waals surface area contributed by atoms with E-state index in [9.17, 15) is 4.79 Å². The van der Waals surface area contributed by atoms with Gasteiger partial charge in [-0.3, -0.25) is 4.79 Å². The fourth-order valence-corrected chi connectivity index (χ4v) is 0.528. The largest absolute Gasteiger partial charge is 0.342 e. The van der Waals surface area contributed by atoms with Crippen LogP contribution < -0.4 is 0 Å². The quantitative estimate of drug-likeness (QED) is 0.544. The molecule has 0 aromatic rings. The van der Waals surface area contributed by atoms with E-state index in [2.05, 4.69) is 13.0 Å². The number of allylic oxidation sites excluding steroid dienone is 1. The highest BCUT2D eigenvalue weighted by Gasteiger charge is 1.95. The van der Waals surface area contributed by atoms with Gasteiger partial charge in [0.1, 0.15) is 0 Å². The maximum Gasteiger partial charge on any atom is 0.219 e. The summed E-state index contributed by atoms with van der Waals surface area (Å²) >= 11 is 0. The molecule has 0 saturated heterocycles. The summed E-state index contributed by atoms with van der Waals surface area (Å²) < 4.78 is 0. The Morgan fingerprint density at radius 2 is 2.10 bits per heavy atom. The molecular formula is C8H15NO. The molecule has 0 aliphatic carbocycles. The van der Waals surface area contributed by atoms with Crippen LogP contribution in [-0.4, -0.2) is 24.4 Å². The molecule has 0 aromatic heterocycles. The lowest BCUT2D eigenvalue weighted by Crippen LogP contribution is -2.23. The van der Waals surface area contributed by atoms with Gasteiger partial charge in [0.2, 0.25) is 5.91 Å². The molecule has 0 unspecified atom stereocenters. The summed E-state index contributed by atoms with van der Waals surface area (Å²) in [5.74, 6) is 0.112. The SMILES string of the molecule is CC/C=C\CN(C)C(C)=O. The first-order valence-corrected chi connectivity index (χ1v) is 3.55. The Labute approximate surface area is 62.5 Å². The van der Waals surface area contributed by atoms with Crippen LogP contribution in [0.5, 0.6) is 0 Å². The normalized spacial score (nSPS) is 10.3. The molecule has 1 amide bonds. The molecule has 0 saturated carbocycles. The summed E-state index contributed by atoms with van der Waals surface area (Å²) in [6.45, 7) is 4.37. The average molecular weight is 141 g/mol. The highest BCUT2D eigenvalue weighted by molar-refractivity contribution is 5.72. The summed E-state index contributed by atoms with van der Waals surface area (Å²) in [4.78, 5) is 12.3. The van der Waals surface area contributed by atoms with Crippen molar-refractivity contribution in [2.24, 2.45) is 0 Å². The molecule has 0 rings (SSSR count). The number of hydrogen-bond acceptors (Lipinski definition) is 1. The van der Waals surface area contributed by atoms with E-state index >= 15 is 0 Å². The second-order valence-corrected chi connectivity index (χ2v) is 2.28. The van der Waals surface area contributed by atoms with Crippen molar-refractivity contribution < 1.29 is 4.79 Å². The van der Waals surface area contributed by atoms with Gasteiger partial charge < -0.3 is 4.90 Å². The van der Waals surface area contributed by atoms with E-state index in [1.165, 1.54) is 0 Å². The molecule has 0 heterocycles. The third-order valence-electron chi connectivity index (χ3n) is 1.32. The molecule has 2 heteroatoms. The van der Waals surface area contributed by atoms with E-state index in [0.29, 0.717) is 0 Å². The van der Waals surface area contributed by atoms with Crippen molar-refractivity contribution in [1.29, 1.82) is 0 Å².